The fraction of sp³-hybridized carbons (Fsp3) is 0.273. The minimum absolute atomic E-state index is 0.145. The lowest BCUT2D eigenvalue weighted by atomic mass is 10.0. The van der Waals surface area contributed by atoms with E-state index in [9.17, 15) is 27.6 Å². The van der Waals surface area contributed by atoms with Crippen LogP contribution in [0.2, 0.25) is 0 Å². The van der Waals surface area contributed by atoms with E-state index in [1.54, 1.807) is 32.9 Å². The molecular formula is C22H23N3O7S. The summed E-state index contributed by atoms with van der Waals surface area (Å²) in [5.74, 6) is -3.34. The highest BCUT2D eigenvalue weighted by Gasteiger charge is 2.44. The van der Waals surface area contributed by atoms with Gasteiger partial charge in [0.15, 0.2) is 6.61 Å². The third-order valence-corrected chi connectivity index (χ3v) is 6.15. The van der Waals surface area contributed by atoms with Crippen molar-refractivity contribution in [3.8, 4) is 0 Å². The zero-order chi connectivity index (χ0) is 24.5. The molecule has 1 aliphatic heterocycles. The molecule has 0 fully saturated rings. The second kappa shape index (κ2) is 9.12. The number of esters is 1. The van der Waals surface area contributed by atoms with Crippen molar-refractivity contribution < 1.29 is 32.3 Å². The number of fused-ring (bicyclic) bond motifs is 1. The molecule has 2 aromatic rings. The molecule has 33 heavy (non-hydrogen) atoms. The second-order valence-electron chi connectivity index (χ2n) is 7.90. The first-order chi connectivity index (χ1) is 15.4. The Morgan fingerprint density at radius 2 is 1.64 bits per heavy atom. The maximum atomic E-state index is 12.8. The quantitative estimate of drug-likeness (QED) is 0.456. The lowest BCUT2D eigenvalue weighted by Gasteiger charge is -2.27. The topological polar surface area (TPSA) is 153 Å². The van der Waals surface area contributed by atoms with Crippen LogP contribution in [0.25, 0.3) is 0 Å². The number of nitrogens with zero attached hydrogens (tertiary/aromatic N) is 1. The molecule has 0 unspecified atom stereocenters. The molecule has 1 heterocycles. The first-order valence-electron chi connectivity index (χ1n) is 9.98. The Bertz CT molecular complexity index is 1220. The van der Waals surface area contributed by atoms with E-state index in [0.717, 1.165) is 4.90 Å². The molecule has 3 amide bonds. The lowest BCUT2D eigenvalue weighted by Crippen LogP contribution is -2.49. The van der Waals surface area contributed by atoms with Crippen molar-refractivity contribution in [1.29, 1.82) is 0 Å². The second-order valence-corrected chi connectivity index (χ2v) is 9.43. The maximum absolute atomic E-state index is 12.8. The van der Waals surface area contributed by atoms with Crippen LogP contribution < -0.4 is 10.5 Å². The highest BCUT2D eigenvalue weighted by molar-refractivity contribution is 7.89. The summed E-state index contributed by atoms with van der Waals surface area (Å²) in [7, 11) is -3.99. The van der Waals surface area contributed by atoms with E-state index in [1.807, 2.05) is 0 Å². The van der Waals surface area contributed by atoms with Crippen molar-refractivity contribution in [3.63, 3.8) is 0 Å². The van der Waals surface area contributed by atoms with Crippen LogP contribution in [0.5, 0.6) is 0 Å². The number of carbonyl (C=O) groups is 4. The molecule has 2 aromatic carbocycles. The molecule has 0 bridgehead atoms. The summed E-state index contributed by atoms with van der Waals surface area (Å²) in [6, 6.07) is 9.16. The van der Waals surface area contributed by atoms with Crippen molar-refractivity contribution in [2.45, 2.75) is 31.7 Å². The van der Waals surface area contributed by atoms with Crippen LogP contribution in [-0.4, -0.2) is 49.7 Å². The molecule has 3 N–H and O–H groups in total. The van der Waals surface area contributed by atoms with Crippen molar-refractivity contribution in [2.75, 3.05) is 11.9 Å². The summed E-state index contributed by atoms with van der Waals surface area (Å²) in [6.07, 6.45) is 0. The van der Waals surface area contributed by atoms with Gasteiger partial charge in [0, 0.05) is 5.69 Å². The van der Waals surface area contributed by atoms with Gasteiger partial charge in [-0.15, -0.1) is 0 Å². The Hall–Kier alpha value is -3.57. The van der Waals surface area contributed by atoms with Crippen LogP contribution in [0.3, 0.4) is 0 Å². The number of hydrogen-bond donors (Lipinski definition) is 2. The summed E-state index contributed by atoms with van der Waals surface area (Å²) < 4.78 is 28.4. The summed E-state index contributed by atoms with van der Waals surface area (Å²) >= 11 is 0. The van der Waals surface area contributed by atoms with E-state index in [-0.39, 0.29) is 21.7 Å². The zero-order valence-corrected chi connectivity index (χ0v) is 19.0. The van der Waals surface area contributed by atoms with E-state index in [4.69, 9.17) is 9.88 Å². The van der Waals surface area contributed by atoms with Gasteiger partial charge in [0.05, 0.1) is 16.0 Å². The monoisotopic (exact) mass is 473 g/mol. The van der Waals surface area contributed by atoms with Gasteiger partial charge in [0.25, 0.3) is 17.7 Å². The summed E-state index contributed by atoms with van der Waals surface area (Å²) in [5, 5.41) is 7.58. The van der Waals surface area contributed by atoms with Gasteiger partial charge in [-0.1, -0.05) is 32.0 Å². The van der Waals surface area contributed by atoms with Crippen LogP contribution in [-0.2, 0) is 24.3 Å². The molecule has 0 saturated heterocycles. The zero-order valence-electron chi connectivity index (χ0n) is 18.2. The molecule has 0 aliphatic carbocycles. The van der Waals surface area contributed by atoms with Gasteiger partial charge in [0.2, 0.25) is 10.0 Å². The van der Waals surface area contributed by atoms with Crippen molar-refractivity contribution >= 4 is 39.4 Å². The van der Waals surface area contributed by atoms with E-state index in [0.29, 0.717) is 5.56 Å². The number of rotatable bonds is 7. The molecule has 1 atom stereocenters. The number of nitrogens with two attached hydrogens (primary N) is 1. The number of amides is 3. The predicted octanol–water partition coefficient (Wildman–Crippen LogP) is 1.44. The molecule has 0 spiro atoms. The number of ether oxygens (including phenoxy) is 1. The average Bonchev–Trinajstić information content (AvgIpc) is 2.98. The molecule has 10 nitrogen and oxygen atoms in total. The first kappa shape index (κ1) is 24.1. The number of sulfonamides is 1. The predicted molar refractivity (Wildman–Crippen MR) is 118 cm³/mol. The van der Waals surface area contributed by atoms with Crippen molar-refractivity contribution in [2.24, 2.45) is 11.1 Å². The SMILES string of the molecule is Cc1ccc(NC(=O)COC(=O)[C@H](C(C)C)N2C(=O)c3ccccc3C2=O)cc1S(N)(=O)=O. The third kappa shape index (κ3) is 4.94. The van der Waals surface area contributed by atoms with Gasteiger partial charge < -0.3 is 10.1 Å². The summed E-state index contributed by atoms with van der Waals surface area (Å²) in [4.78, 5) is 51.2. The van der Waals surface area contributed by atoms with E-state index in [2.05, 4.69) is 5.32 Å². The summed E-state index contributed by atoms with van der Waals surface area (Å²) in [6.45, 7) is 4.15. The van der Waals surface area contributed by atoms with E-state index in [1.165, 1.54) is 30.3 Å². The number of imide groups is 1. The van der Waals surface area contributed by atoms with Gasteiger partial charge in [-0.3, -0.25) is 19.3 Å². The van der Waals surface area contributed by atoms with Gasteiger partial charge in [-0.05, 0) is 42.7 Å². The standard InChI is InChI=1S/C22H23N3O7S/c1-12(2)19(25-20(27)15-6-4-5-7-16(15)21(25)28)22(29)32-11-18(26)24-14-9-8-13(3)17(10-14)33(23,30)31/h4-10,12,19H,11H2,1-3H3,(H,24,26)(H2,23,30,31)/t19-/m0/s1. The van der Waals surface area contributed by atoms with Crippen LogP contribution in [0.1, 0.15) is 40.1 Å². The fourth-order valence-electron chi connectivity index (χ4n) is 3.54. The smallest absolute Gasteiger partial charge is 0.330 e. The largest absolute Gasteiger partial charge is 0.454 e. The Kier molecular flexibility index (Phi) is 6.65. The molecule has 0 saturated carbocycles. The fourth-order valence-corrected chi connectivity index (χ4v) is 4.35. The Balaban J connectivity index is 1.70. The number of nitrogens with one attached hydrogen (secondary N) is 1. The van der Waals surface area contributed by atoms with Crippen LogP contribution in [0, 0.1) is 12.8 Å². The molecule has 0 radical (unpaired) electrons. The third-order valence-electron chi connectivity index (χ3n) is 5.10. The number of benzene rings is 2. The Labute approximate surface area is 190 Å². The Morgan fingerprint density at radius 3 is 2.15 bits per heavy atom. The number of carbonyl (C=O) groups excluding carboxylic acids is 4. The maximum Gasteiger partial charge on any atom is 0.330 e. The highest BCUT2D eigenvalue weighted by atomic mass is 32.2. The van der Waals surface area contributed by atoms with Gasteiger partial charge in [0.1, 0.15) is 6.04 Å². The molecule has 0 aromatic heterocycles. The Morgan fingerprint density at radius 1 is 1.06 bits per heavy atom. The van der Waals surface area contributed by atoms with Gasteiger partial charge in [-0.2, -0.15) is 0 Å². The molecular weight excluding hydrogens is 450 g/mol. The number of hydrogen-bond acceptors (Lipinski definition) is 7. The van der Waals surface area contributed by atoms with Crippen LogP contribution in [0.4, 0.5) is 5.69 Å². The van der Waals surface area contributed by atoms with Crippen molar-refractivity contribution in [3.05, 3.63) is 59.2 Å². The molecule has 3 rings (SSSR count). The highest BCUT2D eigenvalue weighted by Crippen LogP contribution is 2.27. The van der Waals surface area contributed by atoms with E-state index >= 15 is 0 Å². The average molecular weight is 474 g/mol. The molecule has 1 aliphatic rings. The molecule has 11 heteroatoms. The van der Waals surface area contributed by atoms with Crippen molar-refractivity contribution in [1.82, 2.24) is 4.90 Å². The molecule has 174 valence electrons. The van der Waals surface area contributed by atoms with Gasteiger partial charge >= 0.3 is 5.97 Å². The summed E-state index contributed by atoms with van der Waals surface area (Å²) in [5.41, 5.74) is 0.946. The first-order valence-corrected chi connectivity index (χ1v) is 11.5. The normalized spacial score (nSPS) is 14.3. The minimum Gasteiger partial charge on any atom is -0.454 e. The van der Waals surface area contributed by atoms with Crippen LogP contribution in [0.15, 0.2) is 47.4 Å². The number of primary sulfonamides is 1. The number of anilines is 1. The van der Waals surface area contributed by atoms with Gasteiger partial charge in [-0.25, -0.2) is 18.4 Å². The van der Waals surface area contributed by atoms with E-state index < -0.39 is 52.3 Å². The lowest BCUT2D eigenvalue weighted by molar-refractivity contribution is -0.152. The minimum atomic E-state index is -3.99. The number of aryl methyl sites for hydroxylation is 1. The van der Waals surface area contributed by atoms with Crippen LogP contribution >= 0.6 is 0 Å².